The lowest BCUT2D eigenvalue weighted by Gasteiger charge is -2.19. The van der Waals surface area contributed by atoms with Crippen molar-refractivity contribution in [1.29, 1.82) is 0 Å². The van der Waals surface area contributed by atoms with Crippen LogP contribution in [0.15, 0.2) is 60.7 Å². The van der Waals surface area contributed by atoms with Gasteiger partial charge in [0.15, 0.2) is 0 Å². The number of hydrogen-bond acceptors (Lipinski definition) is 1. The molecular formula is C25H30O. The predicted molar refractivity (Wildman–Crippen MR) is 112 cm³/mol. The van der Waals surface area contributed by atoms with Crippen LogP contribution in [0, 0.1) is 0 Å². The van der Waals surface area contributed by atoms with Gasteiger partial charge in [0.1, 0.15) is 12.4 Å². The van der Waals surface area contributed by atoms with Crippen LogP contribution in [-0.2, 0) is 12.0 Å². The van der Waals surface area contributed by atoms with Gasteiger partial charge >= 0.3 is 0 Å². The highest BCUT2D eigenvalue weighted by Crippen LogP contribution is 2.26. The van der Waals surface area contributed by atoms with Crippen molar-refractivity contribution >= 4 is 10.8 Å². The summed E-state index contributed by atoms with van der Waals surface area (Å²) in [4.78, 5) is 0. The van der Waals surface area contributed by atoms with Crippen LogP contribution in [0.3, 0.4) is 0 Å². The first-order chi connectivity index (χ1) is 12.4. The molecule has 0 aliphatic rings. The smallest absolute Gasteiger partial charge is 0.119 e. The van der Waals surface area contributed by atoms with Crippen LogP contribution >= 0.6 is 0 Å². The molecule has 1 nitrogen and oxygen atoms in total. The van der Waals surface area contributed by atoms with Gasteiger partial charge in [0, 0.05) is 0 Å². The molecule has 1 heteroatoms. The van der Waals surface area contributed by atoms with Crippen molar-refractivity contribution in [2.24, 2.45) is 0 Å². The first-order valence-electron chi connectivity index (χ1n) is 9.63. The van der Waals surface area contributed by atoms with Gasteiger partial charge in [-0.15, -0.1) is 0 Å². The largest absolute Gasteiger partial charge is 0.489 e. The summed E-state index contributed by atoms with van der Waals surface area (Å²) >= 11 is 0. The van der Waals surface area contributed by atoms with Gasteiger partial charge in [-0.3, -0.25) is 0 Å². The van der Waals surface area contributed by atoms with Crippen LogP contribution in [0.5, 0.6) is 5.75 Å². The third kappa shape index (κ3) is 4.27. The molecule has 26 heavy (non-hydrogen) atoms. The van der Waals surface area contributed by atoms with Crippen molar-refractivity contribution in [3.05, 3.63) is 77.4 Å². The fraction of sp³-hybridized carbons (Fsp3) is 0.360. The Labute approximate surface area is 158 Å². The van der Waals surface area contributed by atoms with Crippen molar-refractivity contribution in [3.8, 4) is 5.75 Å². The molecule has 0 amide bonds. The summed E-state index contributed by atoms with van der Waals surface area (Å²) in [7, 11) is 0. The number of ether oxygens (including phenoxy) is 1. The minimum Gasteiger partial charge on any atom is -0.489 e. The zero-order chi connectivity index (χ0) is 18.7. The van der Waals surface area contributed by atoms with Crippen molar-refractivity contribution in [2.75, 3.05) is 0 Å². The average Bonchev–Trinajstić information content (AvgIpc) is 2.64. The molecule has 0 N–H and O–H groups in total. The summed E-state index contributed by atoms with van der Waals surface area (Å²) < 4.78 is 5.99. The number of benzene rings is 3. The Morgan fingerprint density at radius 3 is 2.15 bits per heavy atom. The van der Waals surface area contributed by atoms with Crippen LogP contribution in [0.1, 0.15) is 63.6 Å². The van der Waals surface area contributed by atoms with E-state index in [0.717, 1.165) is 5.75 Å². The topological polar surface area (TPSA) is 9.23 Å². The Morgan fingerprint density at radius 2 is 1.50 bits per heavy atom. The SMILES string of the molecule is CCC(C)c1ccc2cc(COc3ccc(C(C)(C)C)cc3)ccc2c1. The molecule has 0 spiro atoms. The van der Waals surface area contributed by atoms with Crippen LogP contribution in [0.2, 0.25) is 0 Å². The summed E-state index contributed by atoms with van der Waals surface area (Å²) in [5, 5.41) is 2.59. The standard InChI is InChI=1S/C25H30O/c1-6-18(2)20-9-10-21-15-19(7-8-22(21)16-20)17-26-24-13-11-23(12-14-24)25(3,4)5/h7-16,18H,6,17H2,1-5H3. The highest BCUT2D eigenvalue weighted by Gasteiger charge is 2.13. The Kier molecular flexibility index (Phi) is 5.36. The van der Waals surface area contributed by atoms with E-state index in [9.17, 15) is 0 Å². The molecule has 0 heterocycles. The number of fused-ring (bicyclic) bond motifs is 1. The van der Waals surface area contributed by atoms with E-state index in [-0.39, 0.29) is 5.41 Å². The second kappa shape index (κ2) is 7.53. The van der Waals surface area contributed by atoms with Crippen LogP contribution in [0.25, 0.3) is 10.8 Å². The maximum atomic E-state index is 5.99. The molecule has 0 saturated carbocycles. The molecule has 3 rings (SSSR count). The van der Waals surface area contributed by atoms with Gasteiger partial charge in [-0.05, 0) is 63.4 Å². The maximum Gasteiger partial charge on any atom is 0.119 e. The van der Waals surface area contributed by atoms with Gasteiger partial charge in [-0.2, -0.15) is 0 Å². The summed E-state index contributed by atoms with van der Waals surface area (Å²) in [6.07, 6.45) is 1.17. The van der Waals surface area contributed by atoms with Crippen molar-refractivity contribution in [1.82, 2.24) is 0 Å². The van der Waals surface area contributed by atoms with E-state index >= 15 is 0 Å². The fourth-order valence-electron chi connectivity index (χ4n) is 3.16. The van der Waals surface area contributed by atoms with E-state index in [0.29, 0.717) is 12.5 Å². The predicted octanol–water partition coefficient (Wildman–Crippen LogP) is 7.23. The molecule has 0 aliphatic heterocycles. The molecule has 0 fully saturated rings. The second-order valence-electron chi connectivity index (χ2n) is 8.31. The molecular weight excluding hydrogens is 316 g/mol. The van der Waals surface area contributed by atoms with Crippen LogP contribution in [0.4, 0.5) is 0 Å². The monoisotopic (exact) mass is 346 g/mol. The first kappa shape index (κ1) is 18.5. The molecule has 0 aromatic heterocycles. The lowest BCUT2D eigenvalue weighted by molar-refractivity contribution is 0.306. The average molecular weight is 347 g/mol. The van der Waals surface area contributed by atoms with Gasteiger partial charge in [0.05, 0.1) is 0 Å². The van der Waals surface area contributed by atoms with E-state index < -0.39 is 0 Å². The van der Waals surface area contributed by atoms with E-state index in [1.165, 1.54) is 33.9 Å². The molecule has 1 unspecified atom stereocenters. The molecule has 0 saturated heterocycles. The Hall–Kier alpha value is -2.28. The molecule has 3 aromatic carbocycles. The third-order valence-corrected chi connectivity index (χ3v) is 5.24. The highest BCUT2D eigenvalue weighted by molar-refractivity contribution is 5.84. The molecule has 1 atom stereocenters. The fourth-order valence-corrected chi connectivity index (χ4v) is 3.16. The third-order valence-electron chi connectivity index (χ3n) is 5.24. The minimum absolute atomic E-state index is 0.172. The van der Waals surface area contributed by atoms with E-state index in [4.69, 9.17) is 4.74 Å². The lowest BCUT2D eigenvalue weighted by atomic mass is 9.87. The normalized spacial score (nSPS) is 13.0. The molecule has 136 valence electrons. The van der Waals surface area contributed by atoms with Gasteiger partial charge < -0.3 is 4.74 Å². The molecule has 3 aromatic rings. The van der Waals surface area contributed by atoms with Gasteiger partial charge in [0.2, 0.25) is 0 Å². The van der Waals surface area contributed by atoms with E-state index in [2.05, 4.69) is 95.3 Å². The van der Waals surface area contributed by atoms with Gasteiger partial charge in [-0.1, -0.05) is 77.1 Å². The number of hydrogen-bond donors (Lipinski definition) is 0. The quantitative estimate of drug-likeness (QED) is 0.473. The van der Waals surface area contributed by atoms with Gasteiger partial charge in [-0.25, -0.2) is 0 Å². The Morgan fingerprint density at radius 1 is 0.846 bits per heavy atom. The lowest BCUT2D eigenvalue weighted by Crippen LogP contribution is -2.10. The molecule has 0 radical (unpaired) electrons. The number of rotatable bonds is 5. The van der Waals surface area contributed by atoms with E-state index in [1.54, 1.807) is 0 Å². The molecule has 0 aliphatic carbocycles. The second-order valence-corrected chi connectivity index (χ2v) is 8.31. The Balaban J connectivity index is 1.71. The van der Waals surface area contributed by atoms with Gasteiger partial charge in [0.25, 0.3) is 0 Å². The highest BCUT2D eigenvalue weighted by atomic mass is 16.5. The minimum atomic E-state index is 0.172. The van der Waals surface area contributed by atoms with Crippen molar-refractivity contribution in [3.63, 3.8) is 0 Å². The Bertz CT molecular complexity index is 869. The van der Waals surface area contributed by atoms with E-state index in [1.807, 2.05) is 0 Å². The summed E-state index contributed by atoms with van der Waals surface area (Å²) in [5.74, 6) is 1.53. The first-order valence-corrected chi connectivity index (χ1v) is 9.63. The summed E-state index contributed by atoms with van der Waals surface area (Å²) in [6, 6.07) is 21.9. The zero-order valence-corrected chi connectivity index (χ0v) is 16.7. The molecule has 0 bridgehead atoms. The van der Waals surface area contributed by atoms with Crippen molar-refractivity contribution < 1.29 is 4.74 Å². The summed E-state index contributed by atoms with van der Waals surface area (Å²) in [6.45, 7) is 11.8. The van der Waals surface area contributed by atoms with Crippen LogP contribution in [-0.4, -0.2) is 0 Å². The van der Waals surface area contributed by atoms with Crippen LogP contribution < -0.4 is 4.74 Å². The maximum absolute atomic E-state index is 5.99. The summed E-state index contributed by atoms with van der Waals surface area (Å²) in [5.41, 5.74) is 4.12. The van der Waals surface area contributed by atoms with Crippen molar-refractivity contribution in [2.45, 2.75) is 59.0 Å². The zero-order valence-electron chi connectivity index (χ0n) is 16.7.